The summed E-state index contributed by atoms with van der Waals surface area (Å²) >= 11 is 9.29. The topological polar surface area (TPSA) is 29.5 Å². The van der Waals surface area contributed by atoms with Crippen molar-refractivity contribution < 1.29 is 14.2 Å². The van der Waals surface area contributed by atoms with Gasteiger partial charge in [-0.15, -0.1) is 0 Å². The number of rotatable bonds is 3. The van der Waals surface area contributed by atoms with Crippen LogP contribution in [0.4, 0.5) is 4.39 Å². The van der Waals surface area contributed by atoms with E-state index in [2.05, 4.69) is 15.9 Å². The van der Waals surface area contributed by atoms with Crippen molar-refractivity contribution in [3.63, 3.8) is 0 Å². The summed E-state index contributed by atoms with van der Waals surface area (Å²) in [4.78, 5) is 0. The fourth-order valence-electron chi connectivity index (χ4n) is 1.63. The molecule has 1 atom stereocenters. The average Bonchev–Trinajstić information content (AvgIpc) is 2.35. The predicted molar refractivity (Wildman–Crippen MR) is 76.3 cm³/mol. The number of hydrogen-bond donors (Lipinski definition) is 1. The van der Waals surface area contributed by atoms with E-state index in [9.17, 15) is 9.50 Å². The highest BCUT2D eigenvalue weighted by molar-refractivity contribution is 9.10. The lowest BCUT2D eigenvalue weighted by atomic mass is 10.1. The molecule has 1 N–H and O–H groups in total. The first-order chi connectivity index (χ1) is 8.99. The van der Waals surface area contributed by atoms with Crippen LogP contribution in [0.2, 0.25) is 5.02 Å². The van der Waals surface area contributed by atoms with Crippen LogP contribution in [0.5, 0.6) is 11.5 Å². The second kappa shape index (κ2) is 5.90. The molecule has 0 saturated heterocycles. The number of aliphatic hydroxyl groups excluding tert-OH is 1. The van der Waals surface area contributed by atoms with E-state index in [1.165, 1.54) is 12.1 Å². The molecule has 0 unspecified atom stereocenters. The summed E-state index contributed by atoms with van der Waals surface area (Å²) in [6.45, 7) is 1.55. The number of aliphatic hydroxyl groups is 1. The Morgan fingerprint density at radius 2 is 2.05 bits per heavy atom. The van der Waals surface area contributed by atoms with Gasteiger partial charge in [-0.3, -0.25) is 0 Å². The number of para-hydroxylation sites is 1. The molecule has 0 aliphatic rings. The van der Waals surface area contributed by atoms with Gasteiger partial charge < -0.3 is 9.84 Å². The minimum atomic E-state index is -0.836. The molecular weight excluding hydrogens is 335 g/mol. The van der Waals surface area contributed by atoms with E-state index in [-0.39, 0.29) is 5.75 Å². The third-order valence-electron chi connectivity index (χ3n) is 2.55. The number of halogens is 3. The Balaban J connectivity index is 2.46. The molecule has 5 heteroatoms. The van der Waals surface area contributed by atoms with Crippen molar-refractivity contribution in [3.8, 4) is 11.5 Å². The van der Waals surface area contributed by atoms with Gasteiger partial charge in [-0.25, -0.2) is 4.39 Å². The fraction of sp³-hybridized carbons (Fsp3) is 0.143. The number of benzene rings is 2. The summed E-state index contributed by atoms with van der Waals surface area (Å²) in [5, 5.41) is 10.0. The van der Waals surface area contributed by atoms with E-state index in [0.29, 0.717) is 16.3 Å². The molecule has 0 fully saturated rings. The van der Waals surface area contributed by atoms with Gasteiger partial charge in [0.2, 0.25) is 0 Å². The van der Waals surface area contributed by atoms with Gasteiger partial charge in [0.15, 0.2) is 11.6 Å². The first-order valence-corrected chi connectivity index (χ1v) is 6.75. The molecule has 0 aliphatic heterocycles. The van der Waals surface area contributed by atoms with Crippen LogP contribution in [-0.4, -0.2) is 5.11 Å². The van der Waals surface area contributed by atoms with Crippen LogP contribution in [0.1, 0.15) is 18.6 Å². The minimum absolute atomic E-state index is 0.0162. The molecule has 0 radical (unpaired) electrons. The number of hydrogen-bond acceptors (Lipinski definition) is 2. The molecule has 2 nitrogen and oxygen atoms in total. The molecule has 2 aromatic carbocycles. The number of ether oxygens (including phenoxy) is 1. The van der Waals surface area contributed by atoms with Gasteiger partial charge >= 0.3 is 0 Å². The lowest BCUT2D eigenvalue weighted by molar-refractivity contribution is 0.194. The van der Waals surface area contributed by atoms with E-state index >= 15 is 0 Å². The zero-order valence-electron chi connectivity index (χ0n) is 10.0. The Morgan fingerprint density at radius 1 is 1.32 bits per heavy atom. The summed E-state index contributed by atoms with van der Waals surface area (Å²) < 4.78 is 20.1. The smallest absolute Gasteiger partial charge is 0.168 e. The third kappa shape index (κ3) is 3.26. The zero-order chi connectivity index (χ0) is 14.0. The highest BCUT2D eigenvalue weighted by Crippen LogP contribution is 2.36. The van der Waals surface area contributed by atoms with Crippen LogP contribution >= 0.6 is 27.5 Å². The van der Waals surface area contributed by atoms with E-state index in [1.54, 1.807) is 31.2 Å². The fourth-order valence-corrected chi connectivity index (χ4v) is 2.12. The monoisotopic (exact) mass is 344 g/mol. The maximum absolute atomic E-state index is 13.8. The van der Waals surface area contributed by atoms with E-state index in [0.717, 1.165) is 4.47 Å². The Bertz CT molecular complexity index is 602. The van der Waals surface area contributed by atoms with Crippen LogP contribution in [0.25, 0.3) is 0 Å². The van der Waals surface area contributed by atoms with Crippen molar-refractivity contribution in [2.75, 3.05) is 0 Å². The highest BCUT2D eigenvalue weighted by Gasteiger charge is 2.16. The summed E-state index contributed by atoms with van der Waals surface area (Å²) in [7, 11) is 0. The maximum Gasteiger partial charge on any atom is 0.168 e. The van der Waals surface area contributed by atoms with Gasteiger partial charge in [-0.2, -0.15) is 0 Å². The van der Waals surface area contributed by atoms with Gasteiger partial charge in [0, 0.05) is 10.0 Å². The Hall–Kier alpha value is -1.10. The van der Waals surface area contributed by atoms with Gasteiger partial charge in [0.1, 0.15) is 5.75 Å². The van der Waals surface area contributed by atoms with Gasteiger partial charge in [0.05, 0.1) is 11.1 Å². The van der Waals surface area contributed by atoms with Crippen molar-refractivity contribution in [1.82, 2.24) is 0 Å². The molecule has 2 aromatic rings. The molecule has 0 aliphatic carbocycles. The lowest BCUT2D eigenvalue weighted by Gasteiger charge is -2.14. The predicted octanol–water partition coefficient (Wildman–Crippen LogP) is 5.09. The molecule has 19 heavy (non-hydrogen) atoms. The molecule has 100 valence electrons. The molecule has 0 saturated carbocycles. The van der Waals surface area contributed by atoms with Crippen molar-refractivity contribution >= 4 is 27.5 Å². The van der Waals surface area contributed by atoms with E-state index < -0.39 is 11.9 Å². The highest BCUT2D eigenvalue weighted by atomic mass is 79.9. The Kier molecular flexibility index (Phi) is 4.45. The van der Waals surface area contributed by atoms with Gasteiger partial charge in [-0.05, 0) is 31.2 Å². The van der Waals surface area contributed by atoms with Crippen LogP contribution < -0.4 is 4.74 Å². The molecule has 2 rings (SSSR count). The molecule has 0 heterocycles. The standard InChI is InChI=1S/C14H11BrClFO2/c1-8(18)10-3-2-4-12(17)14(10)19-13-7-9(15)5-6-11(13)16/h2-8,18H,1H3/t8-/m0/s1. The molecular formula is C14H11BrClFO2. The van der Waals surface area contributed by atoms with Crippen LogP contribution in [-0.2, 0) is 0 Å². The van der Waals surface area contributed by atoms with Crippen molar-refractivity contribution in [2.45, 2.75) is 13.0 Å². The summed E-state index contributed by atoms with van der Waals surface area (Å²) in [6.07, 6.45) is -0.836. The second-order valence-electron chi connectivity index (χ2n) is 4.01. The molecule has 0 amide bonds. The zero-order valence-corrected chi connectivity index (χ0v) is 12.4. The summed E-state index contributed by atoms with van der Waals surface area (Å²) in [5.74, 6) is -0.241. The summed E-state index contributed by atoms with van der Waals surface area (Å²) in [5.41, 5.74) is 0.371. The van der Waals surface area contributed by atoms with E-state index in [4.69, 9.17) is 16.3 Å². The lowest BCUT2D eigenvalue weighted by Crippen LogP contribution is -1.99. The van der Waals surface area contributed by atoms with Crippen molar-refractivity contribution in [2.24, 2.45) is 0 Å². The van der Waals surface area contributed by atoms with Crippen LogP contribution in [0.15, 0.2) is 40.9 Å². The molecule has 0 spiro atoms. The Labute approximate surface area is 123 Å². The van der Waals surface area contributed by atoms with Crippen LogP contribution in [0, 0.1) is 5.82 Å². The summed E-state index contributed by atoms with van der Waals surface area (Å²) in [6, 6.07) is 9.44. The minimum Gasteiger partial charge on any atom is -0.452 e. The molecule has 0 aromatic heterocycles. The maximum atomic E-state index is 13.8. The Morgan fingerprint density at radius 3 is 2.74 bits per heavy atom. The normalized spacial score (nSPS) is 12.3. The van der Waals surface area contributed by atoms with Crippen LogP contribution in [0.3, 0.4) is 0 Å². The SMILES string of the molecule is C[C@H](O)c1cccc(F)c1Oc1cc(Br)ccc1Cl. The second-order valence-corrected chi connectivity index (χ2v) is 5.33. The third-order valence-corrected chi connectivity index (χ3v) is 3.36. The van der Waals surface area contributed by atoms with E-state index in [1.807, 2.05) is 0 Å². The van der Waals surface area contributed by atoms with Gasteiger partial charge in [-0.1, -0.05) is 39.7 Å². The molecule has 0 bridgehead atoms. The quantitative estimate of drug-likeness (QED) is 0.840. The average molecular weight is 346 g/mol. The largest absolute Gasteiger partial charge is 0.452 e. The first kappa shape index (κ1) is 14.3. The van der Waals surface area contributed by atoms with Crippen molar-refractivity contribution in [3.05, 3.63) is 57.3 Å². The van der Waals surface area contributed by atoms with Crippen molar-refractivity contribution in [1.29, 1.82) is 0 Å². The van der Waals surface area contributed by atoms with Gasteiger partial charge in [0.25, 0.3) is 0 Å². The first-order valence-electron chi connectivity index (χ1n) is 5.58.